The van der Waals surface area contributed by atoms with E-state index in [2.05, 4.69) is 16.5 Å². The van der Waals surface area contributed by atoms with Crippen LogP contribution in [0.1, 0.15) is 38.6 Å². The zero-order valence-corrected chi connectivity index (χ0v) is 9.65. The second-order valence-corrected chi connectivity index (χ2v) is 3.52. The van der Waals surface area contributed by atoms with E-state index < -0.39 is 0 Å². The molecule has 0 aromatic carbocycles. The minimum Gasteiger partial charge on any atom is -0.382 e. The fourth-order valence-electron chi connectivity index (χ4n) is 1.60. The lowest BCUT2D eigenvalue weighted by Crippen LogP contribution is -2.16. The smallest absolute Gasteiger partial charge is 0.125 e. The summed E-state index contributed by atoms with van der Waals surface area (Å²) in [6.45, 7) is 6.59. The van der Waals surface area contributed by atoms with Gasteiger partial charge in [0.05, 0.1) is 6.04 Å². The van der Waals surface area contributed by atoms with Gasteiger partial charge in [-0.05, 0) is 26.7 Å². The Morgan fingerprint density at radius 1 is 1.53 bits per heavy atom. The van der Waals surface area contributed by atoms with Gasteiger partial charge in [-0.2, -0.15) is 0 Å². The molecule has 0 aliphatic carbocycles. The predicted molar refractivity (Wildman–Crippen MR) is 60.6 cm³/mol. The zero-order valence-electron chi connectivity index (χ0n) is 9.65. The van der Waals surface area contributed by atoms with Crippen LogP contribution in [-0.4, -0.2) is 22.8 Å². The number of nitrogens with two attached hydrogens (primary N) is 1. The van der Waals surface area contributed by atoms with Crippen LogP contribution in [0, 0.1) is 0 Å². The van der Waals surface area contributed by atoms with Gasteiger partial charge in [-0.15, -0.1) is 0 Å². The van der Waals surface area contributed by atoms with Crippen molar-refractivity contribution in [1.82, 2.24) is 9.55 Å². The second kappa shape index (κ2) is 6.58. The molecular weight excluding hydrogens is 190 g/mol. The number of hydrogen-bond donors (Lipinski definition) is 1. The Labute approximate surface area is 91.4 Å². The van der Waals surface area contributed by atoms with Crippen LogP contribution in [0.5, 0.6) is 0 Å². The predicted octanol–water partition coefficient (Wildman–Crippen LogP) is 1.72. The fraction of sp³-hybridized carbons (Fsp3) is 0.727. The highest BCUT2D eigenvalue weighted by Crippen LogP contribution is 2.13. The lowest BCUT2D eigenvalue weighted by atomic mass is 10.1. The van der Waals surface area contributed by atoms with Gasteiger partial charge in [-0.3, -0.25) is 0 Å². The molecule has 2 N–H and O–H groups in total. The first-order valence-corrected chi connectivity index (χ1v) is 5.63. The number of hydrogen-bond acceptors (Lipinski definition) is 3. The van der Waals surface area contributed by atoms with Crippen LogP contribution in [0.4, 0.5) is 0 Å². The average molecular weight is 211 g/mol. The Morgan fingerprint density at radius 2 is 2.33 bits per heavy atom. The molecule has 15 heavy (non-hydrogen) atoms. The molecular formula is C11H21N3O. The van der Waals surface area contributed by atoms with Crippen LogP contribution in [0.15, 0.2) is 12.4 Å². The van der Waals surface area contributed by atoms with Crippen molar-refractivity contribution in [3.63, 3.8) is 0 Å². The topological polar surface area (TPSA) is 53.1 Å². The first-order valence-electron chi connectivity index (χ1n) is 5.63. The van der Waals surface area contributed by atoms with E-state index in [1.807, 2.05) is 13.1 Å². The van der Waals surface area contributed by atoms with Gasteiger partial charge in [0.1, 0.15) is 5.82 Å². The van der Waals surface area contributed by atoms with Gasteiger partial charge in [0.25, 0.3) is 0 Å². The molecule has 4 nitrogen and oxygen atoms in total. The Kier molecular flexibility index (Phi) is 5.36. The molecule has 0 spiro atoms. The number of imidazole rings is 1. The molecule has 1 aromatic heterocycles. The van der Waals surface area contributed by atoms with Gasteiger partial charge in [0, 0.05) is 32.2 Å². The number of aromatic nitrogens is 2. The highest BCUT2D eigenvalue weighted by Gasteiger charge is 2.10. The third-order valence-electron chi connectivity index (χ3n) is 2.43. The SMILES string of the molecule is CCOCCCC(N)c1nccn1CC. The summed E-state index contributed by atoms with van der Waals surface area (Å²) in [6.07, 6.45) is 5.70. The molecule has 0 fully saturated rings. The number of aryl methyl sites for hydroxylation is 1. The van der Waals surface area contributed by atoms with E-state index in [9.17, 15) is 0 Å². The van der Waals surface area contributed by atoms with Gasteiger partial charge in [0.15, 0.2) is 0 Å². The monoisotopic (exact) mass is 211 g/mol. The van der Waals surface area contributed by atoms with Crippen LogP contribution >= 0.6 is 0 Å². The molecule has 0 bridgehead atoms. The van der Waals surface area contributed by atoms with Crippen molar-refractivity contribution in [3.8, 4) is 0 Å². The molecule has 1 rings (SSSR count). The largest absolute Gasteiger partial charge is 0.382 e. The van der Waals surface area contributed by atoms with Crippen LogP contribution in [0.3, 0.4) is 0 Å². The van der Waals surface area contributed by atoms with Gasteiger partial charge >= 0.3 is 0 Å². The van der Waals surface area contributed by atoms with Crippen LogP contribution < -0.4 is 5.73 Å². The van der Waals surface area contributed by atoms with Gasteiger partial charge < -0.3 is 15.0 Å². The molecule has 0 saturated carbocycles. The summed E-state index contributed by atoms with van der Waals surface area (Å²) in [5, 5.41) is 0. The zero-order chi connectivity index (χ0) is 11.1. The Bertz CT molecular complexity index is 273. The van der Waals surface area contributed by atoms with E-state index >= 15 is 0 Å². The van der Waals surface area contributed by atoms with Crippen molar-refractivity contribution < 1.29 is 4.74 Å². The summed E-state index contributed by atoms with van der Waals surface area (Å²) >= 11 is 0. The highest BCUT2D eigenvalue weighted by atomic mass is 16.5. The van der Waals surface area contributed by atoms with E-state index in [1.54, 1.807) is 6.20 Å². The molecule has 0 saturated heterocycles. The minimum atomic E-state index is 0.0282. The Balaban J connectivity index is 2.36. The fourth-order valence-corrected chi connectivity index (χ4v) is 1.60. The van der Waals surface area contributed by atoms with E-state index in [1.165, 1.54) is 0 Å². The lowest BCUT2D eigenvalue weighted by molar-refractivity contribution is 0.141. The molecule has 0 aliphatic heterocycles. The van der Waals surface area contributed by atoms with Crippen LogP contribution in [-0.2, 0) is 11.3 Å². The number of rotatable bonds is 7. The van der Waals surface area contributed by atoms with Gasteiger partial charge in [-0.25, -0.2) is 4.98 Å². The Hall–Kier alpha value is -0.870. The van der Waals surface area contributed by atoms with Crippen LogP contribution in [0.2, 0.25) is 0 Å². The van der Waals surface area contributed by atoms with Crippen molar-refractivity contribution in [3.05, 3.63) is 18.2 Å². The van der Waals surface area contributed by atoms with Crippen molar-refractivity contribution >= 4 is 0 Å². The highest BCUT2D eigenvalue weighted by molar-refractivity contribution is 4.98. The van der Waals surface area contributed by atoms with Crippen LogP contribution in [0.25, 0.3) is 0 Å². The van der Waals surface area contributed by atoms with E-state index in [4.69, 9.17) is 10.5 Å². The third-order valence-corrected chi connectivity index (χ3v) is 2.43. The minimum absolute atomic E-state index is 0.0282. The summed E-state index contributed by atoms with van der Waals surface area (Å²) in [6, 6.07) is 0.0282. The molecule has 1 unspecified atom stereocenters. The third kappa shape index (κ3) is 3.64. The molecule has 0 radical (unpaired) electrons. The van der Waals surface area contributed by atoms with E-state index in [0.717, 1.165) is 38.4 Å². The van der Waals surface area contributed by atoms with Crippen molar-refractivity contribution in [2.24, 2.45) is 5.73 Å². The van der Waals surface area contributed by atoms with Crippen molar-refractivity contribution in [2.75, 3.05) is 13.2 Å². The number of ether oxygens (including phenoxy) is 1. The maximum atomic E-state index is 6.06. The standard InChI is InChI=1S/C11H21N3O/c1-3-14-8-7-13-11(14)10(12)6-5-9-15-4-2/h7-8,10H,3-6,9,12H2,1-2H3. The molecule has 1 aromatic rings. The molecule has 0 amide bonds. The average Bonchev–Trinajstić information content (AvgIpc) is 2.72. The molecule has 4 heteroatoms. The summed E-state index contributed by atoms with van der Waals surface area (Å²) in [5.74, 6) is 0.981. The van der Waals surface area contributed by atoms with Crippen molar-refractivity contribution in [2.45, 2.75) is 39.3 Å². The maximum Gasteiger partial charge on any atom is 0.125 e. The van der Waals surface area contributed by atoms with Gasteiger partial charge in [-0.1, -0.05) is 0 Å². The lowest BCUT2D eigenvalue weighted by Gasteiger charge is -2.12. The molecule has 0 aliphatic rings. The summed E-state index contributed by atoms with van der Waals surface area (Å²) in [4.78, 5) is 4.28. The quantitative estimate of drug-likeness (QED) is 0.699. The summed E-state index contributed by atoms with van der Waals surface area (Å²) in [7, 11) is 0. The molecule has 86 valence electrons. The first-order chi connectivity index (χ1) is 7.29. The van der Waals surface area contributed by atoms with Gasteiger partial charge in [0.2, 0.25) is 0 Å². The second-order valence-electron chi connectivity index (χ2n) is 3.52. The van der Waals surface area contributed by atoms with Crippen molar-refractivity contribution in [1.29, 1.82) is 0 Å². The summed E-state index contributed by atoms with van der Waals surface area (Å²) in [5.41, 5.74) is 6.06. The van der Waals surface area contributed by atoms with E-state index in [0.29, 0.717) is 0 Å². The van der Waals surface area contributed by atoms with E-state index in [-0.39, 0.29) is 6.04 Å². The maximum absolute atomic E-state index is 6.06. The number of nitrogens with zero attached hydrogens (tertiary/aromatic N) is 2. The summed E-state index contributed by atoms with van der Waals surface area (Å²) < 4.78 is 7.36. The molecule has 1 atom stereocenters. The normalized spacial score (nSPS) is 13.0. The Morgan fingerprint density at radius 3 is 3.00 bits per heavy atom. The first kappa shape index (κ1) is 12.2. The molecule has 1 heterocycles.